The van der Waals surface area contributed by atoms with Gasteiger partial charge in [0, 0.05) is 6.54 Å². The molecule has 0 spiro atoms. The molecular formula is C16H23N. The van der Waals surface area contributed by atoms with Gasteiger partial charge < -0.3 is 5.32 Å². The van der Waals surface area contributed by atoms with Crippen LogP contribution in [0.25, 0.3) is 0 Å². The van der Waals surface area contributed by atoms with Crippen LogP contribution in [-0.2, 0) is 6.54 Å². The molecule has 92 valence electrons. The Labute approximate surface area is 105 Å². The zero-order valence-corrected chi connectivity index (χ0v) is 10.6. The number of hydrogen-bond donors (Lipinski definition) is 1. The first kappa shape index (κ1) is 11.3. The van der Waals surface area contributed by atoms with Gasteiger partial charge in [-0.25, -0.2) is 0 Å². The Bertz CT molecular complexity index is 362. The van der Waals surface area contributed by atoms with Crippen LogP contribution in [-0.4, -0.2) is 6.54 Å². The van der Waals surface area contributed by atoms with Crippen LogP contribution in [0.1, 0.15) is 55.6 Å². The van der Waals surface area contributed by atoms with Crippen LogP contribution in [0.4, 0.5) is 0 Å². The molecule has 0 aromatic heterocycles. The van der Waals surface area contributed by atoms with E-state index in [2.05, 4.69) is 29.6 Å². The smallest absolute Gasteiger partial charge is 0.0208 e. The second kappa shape index (κ2) is 5.22. The second-order valence-electron chi connectivity index (χ2n) is 5.75. The van der Waals surface area contributed by atoms with Gasteiger partial charge in [0.2, 0.25) is 0 Å². The van der Waals surface area contributed by atoms with E-state index in [0.717, 1.165) is 18.4 Å². The topological polar surface area (TPSA) is 12.0 Å². The van der Waals surface area contributed by atoms with E-state index in [1.54, 1.807) is 5.56 Å². The van der Waals surface area contributed by atoms with E-state index in [4.69, 9.17) is 0 Å². The minimum atomic E-state index is 0.875. The van der Waals surface area contributed by atoms with Gasteiger partial charge in [0.1, 0.15) is 0 Å². The molecule has 0 bridgehead atoms. The molecule has 0 saturated heterocycles. The first-order chi connectivity index (χ1) is 8.43. The monoisotopic (exact) mass is 229 g/mol. The molecule has 1 aromatic rings. The molecule has 2 saturated carbocycles. The summed E-state index contributed by atoms with van der Waals surface area (Å²) < 4.78 is 0. The van der Waals surface area contributed by atoms with Gasteiger partial charge in [0.05, 0.1) is 0 Å². The highest BCUT2D eigenvalue weighted by molar-refractivity contribution is 5.33. The predicted octanol–water partition coefficient (Wildman–Crippen LogP) is 3.84. The highest BCUT2D eigenvalue weighted by Gasteiger charge is 2.25. The Balaban J connectivity index is 1.53. The van der Waals surface area contributed by atoms with Crippen LogP contribution < -0.4 is 5.32 Å². The van der Waals surface area contributed by atoms with E-state index in [9.17, 15) is 0 Å². The fourth-order valence-corrected chi connectivity index (χ4v) is 3.11. The number of hydrogen-bond acceptors (Lipinski definition) is 1. The molecule has 0 amide bonds. The van der Waals surface area contributed by atoms with E-state index in [0.29, 0.717) is 0 Å². The van der Waals surface area contributed by atoms with Gasteiger partial charge in [-0.3, -0.25) is 0 Å². The normalized spacial score (nSPS) is 20.9. The number of rotatable bonds is 5. The van der Waals surface area contributed by atoms with Crippen molar-refractivity contribution in [2.24, 2.45) is 5.92 Å². The molecular weight excluding hydrogens is 206 g/mol. The first-order valence-electron chi connectivity index (χ1n) is 7.22. The van der Waals surface area contributed by atoms with Crippen molar-refractivity contribution in [1.82, 2.24) is 5.32 Å². The highest BCUT2D eigenvalue weighted by Crippen LogP contribution is 2.41. The molecule has 17 heavy (non-hydrogen) atoms. The zero-order chi connectivity index (χ0) is 11.5. The first-order valence-corrected chi connectivity index (χ1v) is 7.22. The van der Waals surface area contributed by atoms with Crippen molar-refractivity contribution >= 4 is 0 Å². The van der Waals surface area contributed by atoms with E-state index in [1.165, 1.54) is 50.6 Å². The Morgan fingerprint density at radius 1 is 1.00 bits per heavy atom. The van der Waals surface area contributed by atoms with Crippen molar-refractivity contribution in [2.45, 2.75) is 51.0 Å². The van der Waals surface area contributed by atoms with Crippen molar-refractivity contribution in [3.63, 3.8) is 0 Å². The average Bonchev–Trinajstić information content (AvgIpc) is 3.08. The Morgan fingerprint density at radius 3 is 2.53 bits per heavy atom. The molecule has 3 rings (SSSR count). The maximum Gasteiger partial charge on any atom is 0.0208 e. The molecule has 0 unspecified atom stereocenters. The lowest BCUT2D eigenvalue weighted by molar-refractivity contribution is 0.488. The van der Waals surface area contributed by atoms with Crippen molar-refractivity contribution in [3.8, 4) is 0 Å². The Morgan fingerprint density at radius 2 is 1.76 bits per heavy atom. The van der Waals surface area contributed by atoms with E-state index in [-0.39, 0.29) is 0 Å². The molecule has 0 atom stereocenters. The summed E-state index contributed by atoms with van der Waals surface area (Å²) in [6, 6.07) is 8.99. The van der Waals surface area contributed by atoms with E-state index < -0.39 is 0 Å². The summed E-state index contributed by atoms with van der Waals surface area (Å²) in [6.07, 6.45) is 8.59. The molecule has 0 aliphatic heterocycles. The van der Waals surface area contributed by atoms with Crippen LogP contribution in [0.5, 0.6) is 0 Å². The largest absolute Gasteiger partial charge is 0.312 e. The lowest BCUT2D eigenvalue weighted by Crippen LogP contribution is -2.21. The van der Waals surface area contributed by atoms with Crippen molar-refractivity contribution in [3.05, 3.63) is 35.4 Å². The van der Waals surface area contributed by atoms with Gasteiger partial charge in [0.25, 0.3) is 0 Å². The third-order valence-corrected chi connectivity index (χ3v) is 4.30. The maximum atomic E-state index is 3.67. The minimum absolute atomic E-state index is 0.875. The zero-order valence-electron chi connectivity index (χ0n) is 10.6. The molecule has 2 aliphatic carbocycles. The van der Waals surface area contributed by atoms with Gasteiger partial charge >= 0.3 is 0 Å². The summed E-state index contributed by atoms with van der Waals surface area (Å²) in [6.45, 7) is 2.29. The van der Waals surface area contributed by atoms with Crippen LogP contribution in [0.15, 0.2) is 24.3 Å². The van der Waals surface area contributed by atoms with Crippen LogP contribution in [0.2, 0.25) is 0 Å². The molecule has 2 aliphatic rings. The molecule has 1 N–H and O–H groups in total. The Hall–Kier alpha value is -0.820. The summed E-state index contributed by atoms with van der Waals surface area (Å²) in [5.74, 6) is 1.82. The van der Waals surface area contributed by atoms with E-state index in [1.807, 2.05) is 0 Å². The standard InChI is InChI=1S/C16H23N/c1-2-6-13(5-1)11-17-12-15-7-3-4-8-16(15)14-9-10-14/h3-4,7-8,13-14,17H,1-2,5-6,9-12H2. The lowest BCUT2D eigenvalue weighted by atomic mass is 10.0. The van der Waals surface area contributed by atoms with Gasteiger partial charge in [0.15, 0.2) is 0 Å². The summed E-state index contributed by atoms with van der Waals surface area (Å²) >= 11 is 0. The molecule has 2 fully saturated rings. The highest BCUT2D eigenvalue weighted by atomic mass is 14.9. The Kier molecular flexibility index (Phi) is 3.46. The SMILES string of the molecule is c1ccc(C2CC2)c(CNCC2CCCC2)c1. The van der Waals surface area contributed by atoms with Crippen LogP contribution in [0.3, 0.4) is 0 Å². The molecule has 1 nitrogen and oxygen atoms in total. The average molecular weight is 229 g/mol. The number of benzene rings is 1. The number of nitrogens with one attached hydrogen (secondary N) is 1. The lowest BCUT2D eigenvalue weighted by Gasteiger charge is -2.13. The quantitative estimate of drug-likeness (QED) is 0.809. The summed E-state index contributed by atoms with van der Waals surface area (Å²) in [4.78, 5) is 0. The predicted molar refractivity (Wildman–Crippen MR) is 72.1 cm³/mol. The maximum absolute atomic E-state index is 3.67. The minimum Gasteiger partial charge on any atom is -0.312 e. The summed E-state index contributed by atoms with van der Waals surface area (Å²) in [5, 5.41) is 3.67. The second-order valence-corrected chi connectivity index (χ2v) is 5.75. The van der Waals surface area contributed by atoms with Crippen molar-refractivity contribution in [2.75, 3.05) is 6.54 Å². The molecule has 0 heterocycles. The van der Waals surface area contributed by atoms with Crippen molar-refractivity contribution < 1.29 is 0 Å². The van der Waals surface area contributed by atoms with Crippen LogP contribution >= 0.6 is 0 Å². The third-order valence-electron chi connectivity index (χ3n) is 4.30. The van der Waals surface area contributed by atoms with Gasteiger partial charge in [-0.1, -0.05) is 37.1 Å². The fraction of sp³-hybridized carbons (Fsp3) is 0.625. The molecule has 1 heteroatoms. The van der Waals surface area contributed by atoms with Gasteiger partial charge in [-0.2, -0.15) is 0 Å². The fourth-order valence-electron chi connectivity index (χ4n) is 3.11. The summed E-state index contributed by atoms with van der Waals surface area (Å²) in [7, 11) is 0. The molecule has 0 radical (unpaired) electrons. The van der Waals surface area contributed by atoms with Crippen LogP contribution in [0, 0.1) is 5.92 Å². The summed E-state index contributed by atoms with van der Waals surface area (Å²) in [5.41, 5.74) is 3.14. The van der Waals surface area contributed by atoms with Crippen molar-refractivity contribution in [1.29, 1.82) is 0 Å². The van der Waals surface area contributed by atoms with Gasteiger partial charge in [-0.05, 0) is 55.2 Å². The van der Waals surface area contributed by atoms with Gasteiger partial charge in [-0.15, -0.1) is 0 Å². The molecule has 1 aromatic carbocycles. The third kappa shape index (κ3) is 2.90. The van der Waals surface area contributed by atoms with E-state index >= 15 is 0 Å².